The summed E-state index contributed by atoms with van der Waals surface area (Å²) >= 11 is 0. The zero-order valence-corrected chi connectivity index (χ0v) is 14.5. The molecule has 0 aromatic carbocycles. The lowest BCUT2D eigenvalue weighted by Gasteiger charge is -2.33. The number of anilines is 1. The maximum Gasteiger partial charge on any atom is 0.417 e. The molecule has 0 aliphatic carbocycles. The number of carbonyl (C=O) groups is 1. The van der Waals surface area contributed by atoms with E-state index < -0.39 is 17.8 Å². The van der Waals surface area contributed by atoms with Gasteiger partial charge >= 0.3 is 6.18 Å². The van der Waals surface area contributed by atoms with Gasteiger partial charge in [0.15, 0.2) is 0 Å². The van der Waals surface area contributed by atoms with Gasteiger partial charge in [0.2, 0.25) is 5.91 Å². The van der Waals surface area contributed by atoms with Gasteiger partial charge < -0.3 is 15.0 Å². The molecule has 1 N–H and O–H groups in total. The van der Waals surface area contributed by atoms with Crippen molar-refractivity contribution in [3.63, 3.8) is 0 Å². The summed E-state index contributed by atoms with van der Waals surface area (Å²) in [6.07, 6.45) is -1.89. The van der Waals surface area contributed by atoms with Crippen molar-refractivity contribution in [3.05, 3.63) is 23.9 Å². The molecule has 0 saturated carbocycles. The van der Waals surface area contributed by atoms with Crippen molar-refractivity contribution in [1.29, 1.82) is 0 Å². The molecule has 140 valence electrons. The van der Waals surface area contributed by atoms with Crippen molar-refractivity contribution in [1.82, 2.24) is 10.3 Å². The molecule has 1 aliphatic rings. The van der Waals surface area contributed by atoms with E-state index in [2.05, 4.69) is 10.3 Å². The van der Waals surface area contributed by atoms with Gasteiger partial charge in [0, 0.05) is 31.9 Å². The third-order valence-corrected chi connectivity index (χ3v) is 4.27. The van der Waals surface area contributed by atoms with Crippen LogP contribution in [0.2, 0.25) is 0 Å². The molecule has 8 heteroatoms. The Bertz CT molecular complexity index is 555. The highest BCUT2D eigenvalue weighted by Crippen LogP contribution is 2.29. The summed E-state index contributed by atoms with van der Waals surface area (Å²) < 4.78 is 43.1. The van der Waals surface area contributed by atoms with Gasteiger partial charge in [-0.15, -0.1) is 0 Å². The minimum Gasteiger partial charge on any atom is -0.369 e. The topological polar surface area (TPSA) is 54.5 Å². The van der Waals surface area contributed by atoms with Crippen molar-refractivity contribution in [3.8, 4) is 0 Å². The Kier molecular flexibility index (Phi) is 6.64. The molecule has 1 aromatic rings. The van der Waals surface area contributed by atoms with E-state index in [0.717, 1.165) is 25.1 Å². The smallest absolute Gasteiger partial charge is 0.369 e. The number of hydrogen-bond donors (Lipinski definition) is 1. The molecule has 2 heterocycles. The molecule has 1 atom stereocenters. The molecule has 1 unspecified atom stereocenters. The van der Waals surface area contributed by atoms with E-state index in [-0.39, 0.29) is 11.9 Å². The molecule has 0 radical (unpaired) electrons. The van der Waals surface area contributed by atoms with Crippen LogP contribution in [0.15, 0.2) is 18.3 Å². The zero-order chi connectivity index (χ0) is 18.4. The number of carbonyl (C=O) groups excluding carboxylic acids is 1. The summed E-state index contributed by atoms with van der Waals surface area (Å²) in [4.78, 5) is 18.0. The summed E-state index contributed by atoms with van der Waals surface area (Å²) in [5, 5.41) is 3.00. The van der Waals surface area contributed by atoms with Gasteiger partial charge in [0.25, 0.3) is 0 Å². The van der Waals surface area contributed by atoms with Crippen LogP contribution < -0.4 is 10.2 Å². The van der Waals surface area contributed by atoms with E-state index in [0.29, 0.717) is 31.9 Å². The SMILES string of the molecule is CCOC(CC)C(=O)NC1CCN(c2ccc(C(F)(F)F)cn2)CC1. The average Bonchev–Trinajstić information content (AvgIpc) is 2.59. The summed E-state index contributed by atoms with van der Waals surface area (Å²) in [6, 6.07) is 2.49. The summed E-state index contributed by atoms with van der Waals surface area (Å²) in [5.41, 5.74) is -0.750. The Hall–Kier alpha value is -1.83. The fraction of sp³-hybridized carbons (Fsp3) is 0.647. The Morgan fingerprint density at radius 1 is 1.36 bits per heavy atom. The van der Waals surface area contributed by atoms with Gasteiger partial charge in [-0.25, -0.2) is 4.98 Å². The standard InChI is InChI=1S/C17H24F3N3O2/c1-3-14(25-4-2)16(24)22-13-7-9-23(10-8-13)15-6-5-12(11-21-15)17(18,19)20/h5-6,11,13-14H,3-4,7-10H2,1-2H3,(H,22,24). The molecule has 25 heavy (non-hydrogen) atoms. The van der Waals surface area contributed by atoms with E-state index in [1.807, 2.05) is 18.7 Å². The summed E-state index contributed by atoms with van der Waals surface area (Å²) in [7, 11) is 0. The molecule has 0 spiro atoms. The molecule has 5 nitrogen and oxygen atoms in total. The van der Waals surface area contributed by atoms with E-state index in [9.17, 15) is 18.0 Å². The van der Waals surface area contributed by atoms with Crippen molar-refractivity contribution in [2.24, 2.45) is 0 Å². The number of rotatable bonds is 6. The van der Waals surface area contributed by atoms with Crippen LogP contribution in [0.25, 0.3) is 0 Å². The Balaban J connectivity index is 1.86. The van der Waals surface area contributed by atoms with Gasteiger partial charge in [0.1, 0.15) is 11.9 Å². The number of piperidine rings is 1. The number of pyridine rings is 1. The first-order valence-corrected chi connectivity index (χ1v) is 8.55. The van der Waals surface area contributed by atoms with Gasteiger partial charge in [-0.1, -0.05) is 6.92 Å². The molecular weight excluding hydrogens is 335 g/mol. The van der Waals surface area contributed by atoms with E-state index >= 15 is 0 Å². The first-order valence-electron chi connectivity index (χ1n) is 8.55. The van der Waals surface area contributed by atoms with Crippen molar-refractivity contribution in [2.45, 2.75) is 51.4 Å². The average molecular weight is 359 g/mol. The number of alkyl halides is 3. The van der Waals surface area contributed by atoms with E-state index in [1.54, 1.807) is 0 Å². The Labute approximate surface area is 145 Å². The molecule has 1 aromatic heterocycles. The third-order valence-electron chi connectivity index (χ3n) is 4.27. The highest BCUT2D eigenvalue weighted by atomic mass is 19.4. The van der Waals surface area contributed by atoms with Crippen molar-refractivity contribution >= 4 is 11.7 Å². The quantitative estimate of drug-likeness (QED) is 0.848. The predicted octanol–water partition coefficient (Wildman–Crippen LogP) is 3.00. The highest BCUT2D eigenvalue weighted by molar-refractivity contribution is 5.81. The van der Waals surface area contributed by atoms with Crippen LogP contribution >= 0.6 is 0 Å². The van der Waals surface area contributed by atoms with Crippen LogP contribution in [-0.4, -0.2) is 42.7 Å². The molecule has 1 fully saturated rings. The first-order chi connectivity index (χ1) is 11.8. The number of halogens is 3. The summed E-state index contributed by atoms with van der Waals surface area (Å²) in [6.45, 7) is 5.51. The molecule has 1 aliphatic heterocycles. The second kappa shape index (κ2) is 8.51. The van der Waals surface area contributed by atoms with Crippen LogP contribution in [0.5, 0.6) is 0 Å². The lowest BCUT2D eigenvalue weighted by atomic mass is 10.0. The molecule has 1 amide bonds. The number of nitrogens with one attached hydrogen (secondary N) is 1. The number of hydrogen-bond acceptors (Lipinski definition) is 4. The maximum atomic E-state index is 12.6. The van der Waals surface area contributed by atoms with Crippen LogP contribution in [0.3, 0.4) is 0 Å². The van der Waals surface area contributed by atoms with E-state index in [1.165, 1.54) is 6.07 Å². The largest absolute Gasteiger partial charge is 0.417 e. The van der Waals surface area contributed by atoms with Gasteiger partial charge in [0.05, 0.1) is 5.56 Å². The maximum absolute atomic E-state index is 12.6. The number of aromatic nitrogens is 1. The van der Waals surface area contributed by atoms with Gasteiger partial charge in [-0.05, 0) is 38.3 Å². The normalized spacial score (nSPS) is 17.4. The van der Waals surface area contributed by atoms with Gasteiger partial charge in [-0.2, -0.15) is 13.2 Å². The predicted molar refractivity (Wildman–Crippen MR) is 88.3 cm³/mol. The van der Waals surface area contributed by atoms with Crippen LogP contribution in [0.1, 0.15) is 38.7 Å². The highest BCUT2D eigenvalue weighted by Gasteiger charge is 2.31. The minimum absolute atomic E-state index is 0.0488. The number of nitrogens with zero attached hydrogens (tertiary/aromatic N) is 2. The van der Waals surface area contributed by atoms with Crippen LogP contribution in [-0.2, 0) is 15.7 Å². The zero-order valence-electron chi connectivity index (χ0n) is 14.5. The summed E-state index contributed by atoms with van der Waals surface area (Å²) in [5.74, 6) is 0.425. The number of ether oxygens (including phenoxy) is 1. The Morgan fingerprint density at radius 3 is 2.52 bits per heavy atom. The van der Waals surface area contributed by atoms with Crippen LogP contribution in [0, 0.1) is 0 Å². The lowest BCUT2D eigenvalue weighted by Crippen LogP contribution is -2.48. The second-order valence-corrected chi connectivity index (χ2v) is 6.02. The molecule has 2 rings (SSSR count). The Morgan fingerprint density at radius 2 is 2.04 bits per heavy atom. The van der Waals surface area contributed by atoms with Crippen LogP contribution in [0.4, 0.5) is 19.0 Å². The number of amides is 1. The van der Waals surface area contributed by atoms with E-state index in [4.69, 9.17) is 4.74 Å². The second-order valence-electron chi connectivity index (χ2n) is 6.02. The van der Waals surface area contributed by atoms with Crippen molar-refractivity contribution < 1.29 is 22.7 Å². The molecule has 1 saturated heterocycles. The fourth-order valence-electron chi connectivity index (χ4n) is 2.87. The monoisotopic (exact) mass is 359 g/mol. The fourth-order valence-corrected chi connectivity index (χ4v) is 2.87. The first kappa shape index (κ1) is 19.5. The lowest BCUT2D eigenvalue weighted by molar-refractivity contribution is -0.137. The van der Waals surface area contributed by atoms with Crippen molar-refractivity contribution in [2.75, 3.05) is 24.6 Å². The third kappa shape index (κ3) is 5.32. The molecule has 0 bridgehead atoms. The minimum atomic E-state index is -4.38. The van der Waals surface area contributed by atoms with Gasteiger partial charge in [-0.3, -0.25) is 4.79 Å². The molecular formula is C17H24F3N3O2.